The molecule has 0 heterocycles. The van der Waals surface area contributed by atoms with Crippen LogP contribution in [0, 0.1) is 46.8 Å². The Kier molecular flexibility index (Phi) is 6.15. The van der Waals surface area contributed by atoms with Gasteiger partial charge in [-0.25, -0.2) is 26.7 Å². The van der Waals surface area contributed by atoms with Gasteiger partial charge in [-0.15, -0.1) is 6.58 Å². The van der Waals surface area contributed by atoms with Crippen LogP contribution in [-0.4, -0.2) is 11.7 Å². The van der Waals surface area contributed by atoms with Gasteiger partial charge in [-0.2, -0.15) is 0 Å². The van der Waals surface area contributed by atoms with Gasteiger partial charge in [0.25, 0.3) is 0 Å². The highest BCUT2D eigenvalue weighted by atomic mass is 19.2. The Bertz CT molecular complexity index is 794. The molecule has 0 N–H and O–H groups in total. The molecule has 0 spiro atoms. The van der Waals surface area contributed by atoms with Gasteiger partial charge >= 0.3 is 5.97 Å². The summed E-state index contributed by atoms with van der Waals surface area (Å²) in [6, 6.07) is 0. The summed E-state index contributed by atoms with van der Waals surface area (Å²) >= 11 is 0. The van der Waals surface area contributed by atoms with Gasteiger partial charge in [-0.1, -0.05) is 24.1 Å². The maximum absolute atomic E-state index is 13.8. The Labute approximate surface area is 159 Å². The highest BCUT2D eigenvalue weighted by Gasteiger charge is 2.38. The summed E-state index contributed by atoms with van der Waals surface area (Å²) in [6.07, 6.45) is 8.11. The van der Waals surface area contributed by atoms with E-state index in [2.05, 4.69) is 16.6 Å². The van der Waals surface area contributed by atoms with Crippen LogP contribution in [0.1, 0.15) is 55.3 Å². The first-order chi connectivity index (χ1) is 13.4. The molecule has 1 aromatic rings. The number of fused-ring (bicyclic) bond motifs is 1. The van der Waals surface area contributed by atoms with Crippen molar-refractivity contribution in [2.45, 2.75) is 44.9 Å². The molecule has 2 saturated carbocycles. The number of nitrogens with zero attached hydrogens (tertiary/aromatic N) is 1. The van der Waals surface area contributed by atoms with E-state index in [0.717, 1.165) is 38.5 Å². The molecule has 0 radical (unpaired) electrons. The van der Waals surface area contributed by atoms with Crippen LogP contribution in [0.5, 0.6) is 0 Å². The lowest BCUT2D eigenvalue weighted by atomic mass is 9.66. The number of carbonyl (C=O) groups excluding carboxylic acids is 1. The lowest BCUT2D eigenvalue weighted by Gasteiger charge is -2.39. The summed E-state index contributed by atoms with van der Waals surface area (Å²) < 4.78 is 67.4. The minimum Gasteiger partial charge on any atom is -0.313 e. The van der Waals surface area contributed by atoms with Gasteiger partial charge in [-0.3, -0.25) is 0 Å². The predicted molar refractivity (Wildman–Crippen MR) is 92.1 cm³/mol. The number of hydrogen-bond donors (Lipinski definition) is 0. The largest absolute Gasteiger partial charge is 0.371 e. The molecule has 28 heavy (non-hydrogen) atoms. The van der Waals surface area contributed by atoms with E-state index in [9.17, 15) is 26.7 Å². The molecule has 0 aromatic heterocycles. The monoisotopic (exact) mass is 401 g/mol. The third-order valence-corrected chi connectivity index (χ3v) is 5.69. The van der Waals surface area contributed by atoms with Crippen molar-refractivity contribution in [3.63, 3.8) is 0 Å². The Morgan fingerprint density at radius 1 is 0.964 bits per heavy atom. The fraction of sp³-hybridized carbons (Fsp3) is 0.500. The molecule has 2 aliphatic rings. The van der Waals surface area contributed by atoms with E-state index >= 15 is 0 Å². The van der Waals surface area contributed by atoms with Gasteiger partial charge in [0.15, 0.2) is 23.3 Å². The SMILES string of the molecule is C=CCC1CCC2CCCCC2/C1=N/OC(=O)c1c(F)c(F)c(F)c(F)c1F. The van der Waals surface area contributed by atoms with E-state index in [4.69, 9.17) is 0 Å². The zero-order valence-electron chi connectivity index (χ0n) is 15.1. The van der Waals surface area contributed by atoms with Gasteiger partial charge in [0.2, 0.25) is 5.82 Å². The molecule has 0 saturated heterocycles. The molecule has 2 fully saturated rings. The quantitative estimate of drug-likeness (QED) is 0.162. The van der Waals surface area contributed by atoms with E-state index in [1.54, 1.807) is 6.08 Å². The Morgan fingerprint density at radius 2 is 1.57 bits per heavy atom. The minimum absolute atomic E-state index is 0.0268. The van der Waals surface area contributed by atoms with Crippen LogP contribution in [0.15, 0.2) is 17.8 Å². The van der Waals surface area contributed by atoms with Crippen LogP contribution in [0.25, 0.3) is 0 Å². The van der Waals surface area contributed by atoms with Crippen molar-refractivity contribution in [3.05, 3.63) is 47.3 Å². The summed E-state index contributed by atoms with van der Waals surface area (Å²) in [4.78, 5) is 16.8. The van der Waals surface area contributed by atoms with Crippen molar-refractivity contribution < 1.29 is 31.6 Å². The van der Waals surface area contributed by atoms with E-state index in [0.29, 0.717) is 18.1 Å². The highest BCUT2D eigenvalue weighted by Crippen LogP contribution is 2.42. The average molecular weight is 401 g/mol. The summed E-state index contributed by atoms with van der Waals surface area (Å²) in [5.74, 6) is -12.5. The van der Waals surface area contributed by atoms with Crippen molar-refractivity contribution in [1.29, 1.82) is 0 Å². The van der Waals surface area contributed by atoms with E-state index in [1.165, 1.54) is 0 Å². The maximum atomic E-state index is 13.8. The Balaban J connectivity index is 1.90. The first-order valence-corrected chi connectivity index (χ1v) is 9.28. The van der Waals surface area contributed by atoms with Gasteiger partial charge in [0.05, 0.1) is 5.71 Å². The minimum atomic E-state index is -2.33. The Hall–Kier alpha value is -2.25. The molecule has 8 heteroatoms. The lowest BCUT2D eigenvalue weighted by molar-refractivity contribution is 0.0490. The van der Waals surface area contributed by atoms with Gasteiger partial charge in [0.1, 0.15) is 5.56 Å². The number of allylic oxidation sites excluding steroid dienone is 1. The number of halogens is 5. The molecule has 0 bridgehead atoms. The number of rotatable bonds is 4. The van der Waals surface area contributed by atoms with Crippen LogP contribution in [-0.2, 0) is 4.84 Å². The van der Waals surface area contributed by atoms with Crippen LogP contribution >= 0.6 is 0 Å². The fourth-order valence-corrected chi connectivity index (χ4v) is 4.31. The van der Waals surface area contributed by atoms with Crippen molar-refractivity contribution in [3.8, 4) is 0 Å². The first kappa shape index (κ1) is 20.5. The second-order valence-electron chi connectivity index (χ2n) is 7.29. The molecule has 2 aliphatic carbocycles. The number of hydrogen-bond acceptors (Lipinski definition) is 3. The molecule has 3 atom stereocenters. The molecule has 0 aliphatic heterocycles. The third-order valence-electron chi connectivity index (χ3n) is 5.69. The summed E-state index contributed by atoms with van der Waals surface area (Å²) in [5, 5.41) is 3.86. The highest BCUT2D eigenvalue weighted by molar-refractivity contribution is 5.93. The normalized spacial score (nSPS) is 26.0. The van der Waals surface area contributed by atoms with Gasteiger partial charge in [-0.05, 0) is 38.0 Å². The van der Waals surface area contributed by atoms with Crippen molar-refractivity contribution in [2.75, 3.05) is 0 Å². The third kappa shape index (κ3) is 3.69. The Morgan fingerprint density at radius 3 is 2.21 bits per heavy atom. The van der Waals surface area contributed by atoms with Crippen LogP contribution in [0.2, 0.25) is 0 Å². The summed E-state index contributed by atoms with van der Waals surface area (Å²) in [5.41, 5.74) is -1.04. The van der Waals surface area contributed by atoms with Crippen molar-refractivity contribution in [1.82, 2.24) is 0 Å². The van der Waals surface area contributed by atoms with Crippen LogP contribution in [0.4, 0.5) is 22.0 Å². The molecule has 3 unspecified atom stereocenters. The molecule has 3 nitrogen and oxygen atoms in total. The summed E-state index contributed by atoms with van der Waals surface area (Å²) in [7, 11) is 0. The standard InChI is InChI=1S/C20H20F5NO2/c1-2-5-11-9-8-10-6-3-4-7-12(10)19(11)26-28-20(27)13-14(21)16(23)18(25)17(24)15(13)22/h2,10-12H,1,3-9H2/b26-19+. The number of carbonyl (C=O) groups is 1. The predicted octanol–water partition coefficient (Wildman–Crippen LogP) is 5.69. The van der Waals surface area contributed by atoms with Crippen LogP contribution < -0.4 is 0 Å². The second kappa shape index (κ2) is 8.41. The molecule has 0 amide bonds. The second-order valence-corrected chi connectivity index (χ2v) is 7.29. The number of benzene rings is 1. The fourth-order valence-electron chi connectivity index (χ4n) is 4.31. The molecule has 152 valence electrons. The maximum Gasteiger partial charge on any atom is 0.371 e. The van der Waals surface area contributed by atoms with Gasteiger partial charge < -0.3 is 4.84 Å². The zero-order valence-corrected chi connectivity index (χ0v) is 15.1. The average Bonchev–Trinajstić information content (AvgIpc) is 2.70. The molecular formula is C20H20F5NO2. The summed E-state index contributed by atoms with van der Waals surface area (Å²) in [6.45, 7) is 3.71. The van der Waals surface area contributed by atoms with Crippen molar-refractivity contribution >= 4 is 11.7 Å². The molecule has 3 rings (SSSR count). The van der Waals surface area contributed by atoms with E-state index in [1.807, 2.05) is 0 Å². The molecule has 1 aromatic carbocycles. The van der Waals surface area contributed by atoms with E-state index < -0.39 is 40.6 Å². The zero-order chi connectivity index (χ0) is 20.4. The first-order valence-electron chi connectivity index (χ1n) is 9.28. The number of oxime groups is 1. The van der Waals surface area contributed by atoms with Crippen molar-refractivity contribution in [2.24, 2.45) is 22.9 Å². The van der Waals surface area contributed by atoms with Gasteiger partial charge in [0, 0.05) is 11.8 Å². The van der Waals surface area contributed by atoms with E-state index in [-0.39, 0.29) is 11.8 Å². The smallest absolute Gasteiger partial charge is 0.313 e. The topological polar surface area (TPSA) is 38.7 Å². The lowest BCUT2D eigenvalue weighted by Crippen LogP contribution is -2.37. The molecular weight excluding hydrogens is 381 g/mol. The van der Waals surface area contributed by atoms with Crippen LogP contribution in [0.3, 0.4) is 0 Å².